The second-order valence-electron chi connectivity index (χ2n) is 7.53. The molecule has 0 radical (unpaired) electrons. The highest BCUT2D eigenvalue weighted by Gasteiger charge is 2.30. The molecule has 0 spiro atoms. The topological polar surface area (TPSA) is 91.5 Å². The molecule has 1 aliphatic rings. The molecular formula is C25H20ClN5O2. The SMILES string of the molecule is CC1=C(C(=O)Nc2ccccc2)C(c2ccc(Cl)cc2)N=C(Nc2nc3ccccc3o2)N1. The van der Waals surface area contributed by atoms with Crippen LogP contribution in [-0.2, 0) is 4.79 Å². The van der Waals surface area contributed by atoms with Crippen molar-refractivity contribution in [3.8, 4) is 0 Å². The Hall–Kier alpha value is -4.10. The minimum Gasteiger partial charge on any atom is -0.423 e. The van der Waals surface area contributed by atoms with Gasteiger partial charge in [0.05, 0.1) is 5.57 Å². The Morgan fingerprint density at radius 1 is 1.00 bits per heavy atom. The zero-order valence-corrected chi connectivity index (χ0v) is 18.4. The molecule has 4 aromatic rings. The summed E-state index contributed by atoms with van der Waals surface area (Å²) in [5.41, 5.74) is 4.11. The molecule has 0 bridgehead atoms. The summed E-state index contributed by atoms with van der Waals surface area (Å²) < 4.78 is 5.76. The van der Waals surface area contributed by atoms with Crippen LogP contribution >= 0.6 is 11.6 Å². The van der Waals surface area contributed by atoms with Gasteiger partial charge < -0.3 is 15.1 Å². The molecule has 0 fully saturated rings. The predicted octanol–water partition coefficient (Wildman–Crippen LogP) is 5.51. The zero-order chi connectivity index (χ0) is 22.8. The summed E-state index contributed by atoms with van der Waals surface area (Å²) in [5.74, 6) is 0.186. The molecular weight excluding hydrogens is 438 g/mol. The van der Waals surface area contributed by atoms with Gasteiger partial charge in [-0.25, -0.2) is 4.99 Å². The molecule has 0 saturated carbocycles. The van der Waals surface area contributed by atoms with E-state index in [1.54, 1.807) is 12.1 Å². The number of nitrogens with zero attached hydrogens (tertiary/aromatic N) is 2. The number of anilines is 2. The molecule has 2 heterocycles. The van der Waals surface area contributed by atoms with Crippen molar-refractivity contribution in [1.29, 1.82) is 0 Å². The Morgan fingerprint density at radius 3 is 2.48 bits per heavy atom. The van der Waals surface area contributed by atoms with E-state index in [0.717, 1.165) is 11.1 Å². The number of carbonyl (C=O) groups is 1. The third kappa shape index (κ3) is 4.44. The smallest absolute Gasteiger partial charge is 0.302 e. The summed E-state index contributed by atoms with van der Waals surface area (Å²) in [6.45, 7) is 1.84. The van der Waals surface area contributed by atoms with Gasteiger partial charge in [-0.3, -0.25) is 10.1 Å². The van der Waals surface area contributed by atoms with Crippen LogP contribution in [0.3, 0.4) is 0 Å². The number of halogens is 1. The number of guanidine groups is 1. The van der Waals surface area contributed by atoms with Gasteiger partial charge in [-0.1, -0.05) is 54.1 Å². The van der Waals surface area contributed by atoms with Crippen molar-refractivity contribution >= 4 is 46.3 Å². The van der Waals surface area contributed by atoms with Gasteiger partial charge >= 0.3 is 6.01 Å². The fourth-order valence-electron chi connectivity index (χ4n) is 3.67. The molecule has 1 aliphatic heterocycles. The molecule has 0 aliphatic carbocycles. The van der Waals surface area contributed by atoms with Crippen LogP contribution in [0.2, 0.25) is 5.02 Å². The maximum atomic E-state index is 13.3. The molecule has 1 atom stereocenters. The number of carbonyl (C=O) groups excluding carboxylic acids is 1. The highest BCUT2D eigenvalue weighted by molar-refractivity contribution is 6.30. The van der Waals surface area contributed by atoms with E-state index in [1.807, 2.05) is 73.7 Å². The maximum absolute atomic E-state index is 13.3. The summed E-state index contributed by atoms with van der Waals surface area (Å²) in [6, 6.07) is 23.8. The zero-order valence-electron chi connectivity index (χ0n) is 17.7. The molecule has 7 nitrogen and oxygen atoms in total. The van der Waals surface area contributed by atoms with Crippen molar-refractivity contribution in [1.82, 2.24) is 10.3 Å². The number of aromatic nitrogens is 1. The Balaban J connectivity index is 1.48. The highest BCUT2D eigenvalue weighted by Crippen LogP contribution is 2.32. The number of allylic oxidation sites excluding steroid dienone is 1. The van der Waals surface area contributed by atoms with Crippen molar-refractivity contribution in [3.05, 3.63) is 101 Å². The lowest BCUT2D eigenvalue weighted by atomic mass is 9.95. The van der Waals surface area contributed by atoms with Gasteiger partial charge in [0.2, 0.25) is 5.96 Å². The highest BCUT2D eigenvalue weighted by atomic mass is 35.5. The summed E-state index contributed by atoms with van der Waals surface area (Å²) in [5, 5.41) is 9.82. The minimum absolute atomic E-state index is 0.240. The van der Waals surface area contributed by atoms with E-state index >= 15 is 0 Å². The lowest BCUT2D eigenvalue weighted by Gasteiger charge is -2.26. The number of para-hydroxylation sites is 3. The second-order valence-corrected chi connectivity index (χ2v) is 7.96. The molecule has 1 unspecified atom stereocenters. The first kappa shape index (κ1) is 20.8. The fraction of sp³-hybridized carbons (Fsp3) is 0.0800. The predicted molar refractivity (Wildman–Crippen MR) is 130 cm³/mol. The lowest BCUT2D eigenvalue weighted by molar-refractivity contribution is -0.113. The van der Waals surface area contributed by atoms with Crippen molar-refractivity contribution in [3.63, 3.8) is 0 Å². The van der Waals surface area contributed by atoms with Crippen LogP contribution in [0.15, 0.2) is 99.5 Å². The van der Waals surface area contributed by atoms with Crippen LogP contribution in [0.25, 0.3) is 11.1 Å². The molecule has 0 saturated heterocycles. The number of amides is 1. The quantitative estimate of drug-likeness (QED) is 0.376. The van der Waals surface area contributed by atoms with E-state index in [4.69, 9.17) is 21.0 Å². The average Bonchev–Trinajstić information content (AvgIpc) is 3.22. The van der Waals surface area contributed by atoms with Gasteiger partial charge in [0.25, 0.3) is 5.91 Å². The number of benzene rings is 3. The third-order valence-corrected chi connectivity index (χ3v) is 5.47. The van der Waals surface area contributed by atoms with E-state index in [1.165, 1.54) is 0 Å². The Bertz CT molecular complexity index is 1340. The van der Waals surface area contributed by atoms with Crippen molar-refractivity contribution < 1.29 is 9.21 Å². The summed E-state index contributed by atoms with van der Waals surface area (Å²) >= 11 is 6.09. The lowest BCUT2D eigenvalue weighted by Crippen LogP contribution is -2.37. The average molecular weight is 458 g/mol. The van der Waals surface area contributed by atoms with E-state index in [0.29, 0.717) is 39.5 Å². The van der Waals surface area contributed by atoms with Crippen LogP contribution < -0.4 is 16.0 Å². The van der Waals surface area contributed by atoms with Crippen molar-refractivity contribution in [2.75, 3.05) is 10.6 Å². The standard InChI is InChI=1S/C25H20ClN5O2/c1-15-21(23(32)28-18-7-3-2-4-8-18)22(16-11-13-17(26)14-12-16)30-24(27-15)31-25-29-19-9-5-6-10-20(19)33-25/h2-14,22H,1H3,(H,28,32)(H2,27,29,30,31). The van der Waals surface area contributed by atoms with Gasteiger partial charge in [0, 0.05) is 16.4 Å². The van der Waals surface area contributed by atoms with Gasteiger partial charge in [0.1, 0.15) is 11.6 Å². The third-order valence-electron chi connectivity index (χ3n) is 5.22. The van der Waals surface area contributed by atoms with Crippen LogP contribution in [0.1, 0.15) is 18.5 Å². The molecule has 3 N–H and O–H groups in total. The van der Waals surface area contributed by atoms with E-state index in [2.05, 4.69) is 20.9 Å². The number of oxazole rings is 1. The number of aliphatic imine (C=N–C) groups is 1. The normalized spacial score (nSPS) is 15.7. The molecule has 3 aromatic carbocycles. The van der Waals surface area contributed by atoms with Gasteiger partial charge in [-0.15, -0.1) is 0 Å². The van der Waals surface area contributed by atoms with Crippen molar-refractivity contribution in [2.24, 2.45) is 4.99 Å². The van der Waals surface area contributed by atoms with Crippen LogP contribution in [0, 0.1) is 0 Å². The first-order chi connectivity index (χ1) is 16.1. The second kappa shape index (κ2) is 8.80. The number of hydrogen-bond acceptors (Lipinski definition) is 6. The van der Waals surface area contributed by atoms with E-state index in [-0.39, 0.29) is 5.91 Å². The summed E-state index contributed by atoms with van der Waals surface area (Å²) in [6.07, 6.45) is 0. The van der Waals surface area contributed by atoms with Gasteiger partial charge in [0.15, 0.2) is 5.58 Å². The Labute approximate surface area is 195 Å². The number of nitrogens with one attached hydrogen (secondary N) is 3. The Kier molecular flexibility index (Phi) is 5.54. The molecule has 1 aromatic heterocycles. The van der Waals surface area contributed by atoms with E-state index in [9.17, 15) is 4.79 Å². The monoisotopic (exact) mass is 457 g/mol. The molecule has 33 heavy (non-hydrogen) atoms. The Morgan fingerprint density at radius 2 is 1.73 bits per heavy atom. The molecule has 164 valence electrons. The summed E-state index contributed by atoms with van der Waals surface area (Å²) in [7, 11) is 0. The molecule has 5 rings (SSSR count). The number of hydrogen-bond donors (Lipinski definition) is 3. The fourth-order valence-corrected chi connectivity index (χ4v) is 3.79. The van der Waals surface area contributed by atoms with Crippen LogP contribution in [0.4, 0.5) is 11.7 Å². The minimum atomic E-state index is -0.556. The maximum Gasteiger partial charge on any atom is 0.302 e. The number of rotatable bonds is 4. The van der Waals surface area contributed by atoms with Gasteiger partial charge in [-0.05, 0) is 48.9 Å². The van der Waals surface area contributed by atoms with E-state index < -0.39 is 6.04 Å². The van der Waals surface area contributed by atoms with Crippen LogP contribution in [0.5, 0.6) is 0 Å². The summed E-state index contributed by atoms with van der Waals surface area (Å²) in [4.78, 5) is 22.5. The van der Waals surface area contributed by atoms with Crippen LogP contribution in [-0.4, -0.2) is 16.9 Å². The molecule has 8 heteroatoms. The van der Waals surface area contributed by atoms with Crippen molar-refractivity contribution in [2.45, 2.75) is 13.0 Å². The molecule has 1 amide bonds. The largest absolute Gasteiger partial charge is 0.423 e. The first-order valence-corrected chi connectivity index (χ1v) is 10.7. The number of fused-ring (bicyclic) bond motifs is 1. The van der Waals surface area contributed by atoms with Gasteiger partial charge in [-0.2, -0.15) is 4.98 Å². The first-order valence-electron chi connectivity index (χ1n) is 10.4.